The molecule has 85 valence electrons. The van der Waals surface area contributed by atoms with Gasteiger partial charge in [-0.15, -0.1) is 0 Å². The third-order valence-corrected chi connectivity index (χ3v) is 2.21. The lowest BCUT2D eigenvalue weighted by molar-refractivity contribution is -0.111. The van der Waals surface area contributed by atoms with Gasteiger partial charge in [-0.25, -0.2) is 4.68 Å². The van der Waals surface area contributed by atoms with Crippen molar-refractivity contribution in [2.75, 3.05) is 5.32 Å². The summed E-state index contributed by atoms with van der Waals surface area (Å²) in [6, 6.07) is 7.64. The Morgan fingerprint density at radius 3 is 3.00 bits per heavy atom. The van der Waals surface area contributed by atoms with Crippen molar-refractivity contribution in [3.8, 4) is 5.69 Å². The van der Waals surface area contributed by atoms with Gasteiger partial charge in [0.2, 0.25) is 5.91 Å². The molecule has 2 rings (SSSR count). The maximum absolute atomic E-state index is 11.1. The van der Waals surface area contributed by atoms with Crippen LogP contribution in [0.1, 0.15) is 5.56 Å². The SMILES string of the molecule is [CH2]c1cccc(-n2cc(NC(=O)C=C)cn2)c1. The van der Waals surface area contributed by atoms with Gasteiger partial charge in [-0.3, -0.25) is 4.79 Å². The first-order valence-electron chi connectivity index (χ1n) is 5.09. The zero-order valence-corrected chi connectivity index (χ0v) is 9.26. The van der Waals surface area contributed by atoms with E-state index in [1.807, 2.05) is 24.3 Å². The van der Waals surface area contributed by atoms with E-state index in [1.165, 1.54) is 6.08 Å². The second-order valence-electron chi connectivity index (χ2n) is 3.54. The van der Waals surface area contributed by atoms with Gasteiger partial charge in [0.25, 0.3) is 0 Å². The summed E-state index contributed by atoms with van der Waals surface area (Å²) in [4.78, 5) is 11.1. The third-order valence-electron chi connectivity index (χ3n) is 2.21. The molecule has 1 aromatic carbocycles. The van der Waals surface area contributed by atoms with Crippen LogP contribution >= 0.6 is 0 Å². The summed E-state index contributed by atoms with van der Waals surface area (Å²) in [7, 11) is 0. The fourth-order valence-electron chi connectivity index (χ4n) is 1.42. The van der Waals surface area contributed by atoms with Crippen LogP contribution in [0.2, 0.25) is 0 Å². The molecule has 1 heterocycles. The molecule has 1 radical (unpaired) electrons. The van der Waals surface area contributed by atoms with Crippen molar-refractivity contribution in [1.82, 2.24) is 9.78 Å². The second-order valence-corrected chi connectivity index (χ2v) is 3.54. The summed E-state index contributed by atoms with van der Waals surface area (Å²) in [5.41, 5.74) is 2.44. The number of rotatable bonds is 3. The lowest BCUT2D eigenvalue weighted by Gasteiger charge is -2.01. The van der Waals surface area contributed by atoms with Crippen molar-refractivity contribution < 1.29 is 4.79 Å². The highest BCUT2D eigenvalue weighted by atomic mass is 16.1. The zero-order chi connectivity index (χ0) is 12.3. The van der Waals surface area contributed by atoms with Gasteiger partial charge in [-0.2, -0.15) is 5.10 Å². The minimum atomic E-state index is -0.254. The van der Waals surface area contributed by atoms with Crippen LogP contribution in [0.15, 0.2) is 49.3 Å². The lowest BCUT2D eigenvalue weighted by atomic mass is 10.2. The van der Waals surface area contributed by atoms with Crippen molar-refractivity contribution in [3.05, 3.63) is 61.8 Å². The molecule has 0 saturated carbocycles. The average Bonchev–Trinajstić information content (AvgIpc) is 2.77. The van der Waals surface area contributed by atoms with Gasteiger partial charge in [-0.05, 0) is 30.7 Å². The van der Waals surface area contributed by atoms with Crippen molar-refractivity contribution in [3.63, 3.8) is 0 Å². The van der Waals surface area contributed by atoms with E-state index in [2.05, 4.69) is 23.9 Å². The Labute approximate surface area is 99.6 Å². The Kier molecular flexibility index (Phi) is 3.05. The molecule has 0 saturated heterocycles. The molecule has 2 aromatic rings. The molecule has 0 atom stereocenters. The number of hydrogen-bond donors (Lipinski definition) is 1. The van der Waals surface area contributed by atoms with Gasteiger partial charge in [0.1, 0.15) is 0 Å². The van der Waals surface area contributed by atoms with Crippen LogP contribution in [0.3, 0.4) is 0 Å². The number of aromatic nitrogens is 2. The van der Waals surface area contributed by atoms with Crippen LogP contribution in [-0.2, 0) is 4.79 Å². The van der Waals surface area contributed by atoms with Gasteiger partial charge in [0, 0.05) is 0 Å². The molecule has 17 heavy (non-hydrogen) atoms. The Morgan fingerprint density at radius 2 is 2.29 bits per heavy atom. The smallest absolute Gasteiger partial charge is 0.247 e. The second kappa shape index (κ2) is 4.65. The molecule has 4 nitrogen and oxygen atoms in total. The molecule has 1 N–H and O–H groups in total. The highest BCUT2D eigenvalue weighted by Gasteiger charge is 2.02. The van der Waals surface area contributed by atoms with Crippen LogP contribution in [-0.4, -0.2) is 15.7 Å². The predicted molar refractivity (Wildman–Crippen MR) is 66.8 cm³/mol. The van der Waals surface area contributed by atoms with E-state index in [0.29, 0.717) is 5.69 Å². The largest absolute Gasteiger partial charge is 0.320 e. The van der Waals surface area contributed by atoms with Crippen LogP contribution in [0.5, 0.6) is 0 Å². The van der Waals surface area contributed by atoms with Crippen molar-refractivity contribution >= 4 is 11.6 Å². The molecule has 0 aliphatic carbocycles. The van der Waals surface area contributed by atoms with Gasteiger partial charge < -0.3 is 5.32 Å². The van der Waals surface area contributed by atoms with Crippen LogP contribution in [0.25, 0.3) is 5.69 Å². The standard InChI is InChI=1S/C13H12N3O/c1-3-13(17)15-11-8-14-16(9-11)12-6-4-5-10(2)7-12/h3-9H,1-2H2,(H,15,17). The van der Waals surface area contributed by atoms with E-state index < -0.39 is 0 Å². The van der Waals surface area contributed by atoms with Crippen molar-refractivity contribution in [1.29, 1.82) is 0 Å². The maximum Gasteiger partial charge on any atom is 0.247 e. The molecular formula is C13H12N3O. The molecule has 0 spiro atoms. The van der Waals surface area contributed by atoms with E-state index in [-0.39, 0.29) is 5.91 Å². The Balaban J connectivity index is 2.23. The van der Waals surface area contributed by atoms with Crippen LogP contribution < -0.4 is 5.32 Å². The van der Waals surface area contributed by atoms with Crippen molar-refractivity contribution in [2.45, 2.75) is 0 Å². The molecule has 0 aliphatic rings. The third kappa shape index (κ3) is 2.60. The van der Waals surface area contributed by atoms with E-state index >= 15 is 0 Å². The zero-order valence-electron chi connectivity index (χ0n) is 9.26. The molecule has 0 bridgehead atoms. The fourth-order valence-corrected chi connectivity index (χ4v) is 1.42. The number of benzene rings is 1. The number of carbonyl (C=O) groups is 1. The van der Waals surface area contributed by atoms with Crippen LogP contribution in [0.4, 0.5) is 5.69 Å². The first-order chi connectivity index (χ1) is 8.19. The normalized spacial score (nSPS) is 9.94. The Hall–Kier alpha value is -2.36. The number of nitrogens with one attached hydrogen (secondary N) is 1. The molecule has 0 unspecified atom stereocenters. The number of hydrogen-bond acceptors (Lipinski definition) is 2. The summed E-state index contributed by atoms with van der Waals surface area (Å²) >= 11 is 0. The van der Waals surface area contributed by atoms with E-state index in [0.717, 1.165) is 11.3 Å². The van der Waals surface area contributed by atoms with Crippen molar-refractivity contribution in [2.24, 2.45) is 0 Å². The monoisotopic (exact) mass is 226 g/mol. The highest BCUT2D eigenvalue weighted by molar-refractivity contribution is 5.98. The fraction of sp³-hybridized carbons (Fsp3) is 0. The minimum Gasteiger partial charge on any atom is -0.320 e. The highest BCUT2D eigenvalue weighted by Crippen LogP contribution is 2.12. The maximum atomic E-state index is 11.1. The quantitative estimate of drug-likeness (QED) is 0.815. The first kappa shape index (κ1) is 11.1. The van der Waals surface area contributed by atoms with E-state index in [4.69, 9.17) is 0 Å². The Morgan fingerprint density at radius 1 is 1.47 bits per heavy atom. The van der Waals surface area contributed by atoms with Gasteiger partial charge in [0.15, 0.2) is 0 Å². The predicted octanol–water partition coefficient (Wildman–Crippen LogP) is 2.18. The molecule has 0 fully saturated rings. The first-order valence-corrected chi connectivity index (χ1v) is 5.09. The molecule has 0 aliphatic heterocycles. The number of carbonyl (C=O) groups excluding carboxylic acids is 1. The molecular weight excluding hydrogens is 214 g/mol. The summed E-state index contributed by atoms with van der Waals surface area (Å²) < 4.78 is 1.67. The topological polar surface area (TPSA) is 46.9 Å². The number of nitrogens with zero attached hydrogens (tertiary/aromatic N) is 2. The summed E-state index contributed by atoms with van der Waals surface area (Å²) in [6.07, 6.45) is 4.53. The molecule has 4 heteroatoms. The lowest BCUT2D eigenvalue weighted by Crippen LogP contribution is -2.06. The number of anilines is 1. The van der Waals surface area contributed by atoms with Gasteiger partial charge in [-0.1, -0.05) is 18.7 Å². The Bertz CT molecular complexity index is 557. The van der Waals surface area contributed by atoms with Crippen LogP contribution in [0, 0.1) is 6.92 Å². The van der Waals surface area contributed by atoms with E-state index in [1.54, 1.807) is 17.1 Å². The minimum absolute atomic E-state index is 0.254. The molecule has 1 amide bonds. The summed E-state index contributed by atoms with van der Waals surface area (Å²) in [6.45, 7) is 7.24. The van der Waals surface area contributed by atoms with Gasteiger partial charge in [0.05, 0.1) is 23.8 Å². The molecule has 1 aromatic heterocycles. The van der Waals surface area contributed by atoms with E-state index in [9.17, 15) is 4.79 Å². The summed E-state index contributed by atoms with van der Waals surface area (Å²) in [5, 5.41) is 6.80. The average molecular weight is 226 g/mol. The number of amides is 1. The van der Waals surface area contributed by atoms with Gasteiger partial charge >= 0.3 is 0 Å². The summed E-state index contributed by atoms with van der Waals surface area (Å²) in [5.74, 6) is -0.254.